The molecule has 0 radical (unpaired) electrons. The van der Waals surface area contributed by atoms with Crippen LogP contribution in [0.2, 0.25) is 5.02 Å². The Morgan fingerprint density at radius 1 is 1.29 bits per heavy atom. The molecular formula is C16H11ClFNO2. The molecule has 1 atom stereocenters. The summed E-state index contributed by atoms with van der Waals surface area (Å²) in [4.78, 5) is 12.5. The van der Waals surface area contributed by atoms with E-state index in [0.717, 1.165) is 0 Å². The van der Waals surface area contributed by atoms with Gasteiger partial charge in [-0.2, -0.15) is 5.26 Å². The Balaban J connectivity index is 2.49. The van der Waals surface area contributed by atoms with E-state index in [2.05, 4.69) is 0 Å². The number of para-hydroxylation sites is 1. The molecule has 0 aliphatic rings. The van der Waals surface area contributed by atoms with Gasteiger partial charge < -0.3 is 4.74 Å². The van der Waals surface area contributed by atoms with Crippen molar-refractivity contribution in [3.05, 3.63) is 64.4 Å². The van der Waals surface area contributed by atoms with Gasteiger partial charge in [-0.1, -0.05) is 35.9 Å². The number of rotatable bonds is 4. The summed E-state index contributed by atoms with van der Waals surface area (Å²) in [7, 11) is 1.42. The molecular weight excluding hydrogens is 293 g/mol. The molecule has 0 saturated heterocycles. The van der Waals surface area contributed by atoms with E-state index in [0.29, 0.717) is 5.75 Å². The van der Waals surface area contributed by atoms with Crippen molar-refractivity contribution in [2.75, 3.05) is 7.11 Å². The Labute approximate surface area is 126 Å². The van der Waals surface area contributed by atoms with Crippen molar-refractivity contribution in [1.29, 1.82) is 5.26 Å². The Kier molecular flexibility index (Phi) is 4.56. The molecule has 0 spiro atoms. The molecule has 0 N–H and O–H groups in total. The minimum absolute atomic E-state index is 0.0408. The highest BCUT2D eigenvalue weighted by atomic mass is 35.5. The number of hydrogen-bond donors (Lipinski definition) is 0. The maximum atomic E-state index is 14.0. The molecule has 1 unspecified atom stereocenters. The average molecular weight is 304 g/mol. The predicted octanol–water partition coefficient (Wildman–Crippen LogP) is 3.98. The van der Waals surface area contributed by atoms with E-state index in [-0.39, 0.29) is 16.1 Å². The number of halogens is 2. The summed E-state index contributed by atoms with van der Waals surface area (Å²) in [5.41, 5.74) is 0.187. The molecule has 0 saturated carbocycles. The summed E-state index contributed by atoms with van der Waals surface area (Å²) in [6.45, 7) is 0. The van der Waals surface area contributed by atoms with Gasteiger partial charge >= 0.3 is 0 Å². The zero-order chi connectivity index (χ0) is 15.4. The van der Waals surface area contributed by atoms with Crippen LogP contribution in [0.5, 0.6) is 5.75 Å². The predicted molar refractivity (Wildman–Crippen MR) is 77.1 cm³/mol. The number of methoxy groups -OCH3 is 1. The number of Topliss-reactive ketones (excluding diaryl/α,β-unsaturated/α-hetero) is 1. The fourth-order valence-corrected chi connectivity index (χ4v) is 2.20. The summed E-state index contributed by atoms with van der Waals surface area (Å²) in [6, 6.07) is 12.6. The van der Waals surface area contributed by atoms with Gasteiger partial charge in [0, 0.05) is 5.56 Å². The molecule has 0 aliphatic carbocycles. The zero-order valence-electron chi connectivity index (χ0n) is 11.1. The van der Waals surface area contributed by atoms with Crippen LogP contribution < -0.4 is 4.74 Å². The third-order valence-electron chi connectivity index (χ3n) is 3.06. The number of benzene rings is 2. The van der Waals surface area contributed by atoms with E-state index in [9.17, 15) is 14.4 Å². The third-order valence-corrected chi connectivity index (χ3v) is 3.35. The minimum Gasteiger partial charge on any atom is -0.496 e. The lowest BCUT2D eigenvalue weighted by molar-refractivity contribution is 0.0974. The number of nitriles is 1. The Bertz CT molecular complexity index is 724. The summed E-state index contributed by atoms with van der Waals surface area (Å²) in [5.74, 6) is -2.23. The molecule has 0 heterocycles. The van der Waals surface area contributed by atoms with Crippen LogP contribution in [0, 0.1) is 17.1 Å². The van der Waals surface area contributed by atoms with Gasteiger partial charge in [-0.25, -0.2) is 4.39 Å². The van der Waals surface area contributed by atoms with Gasteiger partial charge in [-0.05, 0) is 18.2 Å². The van der Waals surface area contributed by atoms with Crippen molar-refractivity contribution < 1.29 is 13.9 Å². The van der Waals surface area contributed by atoms with Gasteiger partial charge in [-0.15, -0.1) is 0 Å². The van der Waals surface area contributed by atoms with Crippen molar-refractivity contribution in [3.63, 3.8) is 0 Å². The fourth-order valence-electron chi connectivity index (χ4n) is 2.02. The summed E-state index contributed by atoms with van der Waals surface area (Å²) >= 11 is 5.70. The first-order valence-corrected chi connectivity index (χ1v) is 6.48. The number of hydrogen-bond acceptors (Lipinski definition) is 3. The van der Waals surface area contributed by atoms with Crippen LogP contribution in [-0.2, 0) is 0 Å². The van der Waals surface area contributed by atoms with Crippen LogP contribution in [0.15, 0.2) is 42.5 Å². The standard InChI is InChI=1S/C16H11ClFNO2/c1-21-14-8-3-2-5-11(14)16(20)12(9-19)10-6-4-7-13(17)15(10)18/h2-8,12H,1H3. The molecule has 0 aliphatic heterocycles. The number of carbonyl (C=O) groups excluding carboxylic acids is 1. The van der Waals surface area contributed by atoms with Crippen molar-refractivity contribution in [1.82, 2.24) is 0 Å². The van der Waals surface area contributed by atoms with E-state index in [1.807, 2.05) is 6.07 Å². The van der Waals surface area contributed by atoms with Crippen LogP contribution in [0.3, 0.4) is 0 Å². The van der Waals surface area contributed by atoms with Crippen LogP contribution in [0.25, 0.3) is 0 Å². The van der Waals surface area contributed by atoms with Gasteiger partial charge in [0.1, 0.15) is 17.5 Å². The second kappa shape index (κ2) is 6.38. The maximum Gasteiger partial charge on any atom is 0.188 e. The van der Waals surface area contributed by atoms with E-state index < -0.39 is 17.5 Å². The molecule has 5 heteroatoms. The molecule has 2 aromatic rings. The molecule has 2 aromatic carbocycles. The summed E-state index contributed by atoms with van der Waals surface area (Å²) < 4.78 is 19.1. The van der Waals surface area contributed by atoms with E-state index in [1.54, 1.807) is 18.2 Å². The van der Waals surface area contributed by atoms with Gasteiger partial charge in [-0.3, -0.25) is 4.79 Å². The highest BCUT2D eigenvalue weighted by Gasteiger charge is 2.27. The van der Waals surface area contributed by atoms with Crippen molar-refractivity contribution >= 4 is 17.4 Å². The number of carbonyl (C=O) groups is 1. The summed E-state index contributed by atoms with van der Waals surface area (Å²) in [5, 5.41) is 9.14. The minimum atomic E-state index is -1.28. The Hall–Kier alpha value is -2.38. The molecule has 3 nitrogen and oxygen atoms in total. The molecule has 0 bridgehead atoms. The normalized spacial score (nSPS) is 11.5. The van der Waals surface area contributed by atoms with E-state index in [4.69, 9.17) is 16.3 Å². The number of nitrogens with zero attached hydrogens (tertiary/aromatic N) is 1. The Morgan fingerprint density at radius 2 is 2.00 bits per heavy atom. The zero-order valence-corrected chi connectivity index (χ0v) is 11.9. The van der Waals surface area contributed by atoms with Crippen LogP contribution >= 0.6 is 11.6 Å². The molecule has 0 aromatic heterocycles. The largest absolute Gasteiger partial charge is 0.496 e. The van der Waals surface area contributed by atoms with Gasteiger partial charge in [0.2, 0.25) is 0 Å². The second-order valence-corrected chi connectivity index (χ2v) is 4.68. The van der Waals surface area contributed by atoms with Crippen LogP contribution in [0.1, 0.15) is 21.8 Å². The van der Waals surface area contributed by atoms with Gasteiger partial charge in [0.15, 0.2) is 5.78 Å². The smallest absolute Gasteiger partial charge is 0.188 e. The average Bonchev–Trinajstić information content (AvgIpc) is 2.51. The first-order chi connectivity index (χ1) is 10.1. The molecule has 2 rings (SSSR count). The SMILES string of the molecule is COc1ccccc1C(=O)C(C#N)c1cccc(Cl)c1F. The van der Waals surface area contributed by atoms with E-state index in [1.165, 1.54) is 31.4 Å². The lowest BCUT2D eigenvalue weighted by atomic mass is 9.91. The summed E-state index contributed by atoms with van der Waals surface area (Å²) in [6.07, 6.45) is 0. The van der Waals surface area contributed by atoms with Gasteiger partial charge in [0.05, 0.1) is 23.8 Å². The first kappa shape index (κ1) is 15.0. The van der Waals surface area contributed by atoms with Crippen molar-refractivity contribution in [3.8, 4) is 11.8 Å². The molecule has 0 amide bonds. The lowest BCUT2D eigenvalue weighted by Crippen LogP contribution is -2.14. The van der Waals surface area contributed by atoms with Crippen LogP contribution in [-0.4, -0.2) is 12.9 Å². The second-order valence-electron chi connectivity index (χ2n) is 4.27. The fraction of sp³-hybridized carbons (Fsp3) is 0.125. The number of ether oxygens (including phenoxy) is 1. The highest BCUT2D eigenvalue weighted by Crippen LogP contribution is 2.29. The monoisotopic (exact) mass is 303 g/mol. The first-order valence-electron chi connectivity index (χ1n) is 6.11. The molecule has 106 valence electrons. The topological polar surface area (TPSA) is 50.1 Å². The number of ketones is 1. The molecule has 0 fully saturated rings. The highest BCUT2D eigenvalue weighted by molar-refractivity contribution is 6.30. The van der Waals surface area contributed by atoms with Crippen molar-refractivity contribution in [2.24, 2.45) is 0 Å². The molecule has 21 heavy (non-hydrogen) atoms. The van der Waals surface area contributed by atoms with Crippen LogP contribution in [0.4, 0.5) is 4.39 Å². The Morgan fingerprint density at radius 3 is 2.67 bits per heavy atom. The van der Waals surface area contributed by atoms with E-state index >= 15 is 0 Å². The third kappa shape index (κ3) is 2.88. The quantitative estimate of drug-likeness (QED) is 0.803. The van der Waals surface area contributed by atoms with Gasteiger partial charge in [0.25, 0.3) is 0 Å². The van der Waals surface area contributed by atoms with Crippen molar-refractivity contribution in [2.45, 2.75) is 5.92 Å². The lowest BCUT2D eigenvalue weighted by Gasteiger charge is -2.12. The maximum absolute atomic E-state index is 14.0.